The van der Waals surface area contributed by atoms with Crippen LogP contribution in [-0.2, 0) is 52.2 Å². The first kappa shape index (κ1) is 42.2. The van der Waals surface area contributed by atoms with Crippen LogP contribution in [0.25, 0.3) is 0 Å². The Morgan fingerprint density at radius 3 is 1.13 bits per heavy atom. The van der Waals surface area contributed by atoms with E-state index >= 15 is 0 Å². The molecule has 0 aliphatic carbocycles. The maximum Gasteiger partial charge on any atom is 4.00 e. The average molecular weight is 593 g/mol. The standard InChI is InChI=1S/2C14H19F2O2.2CH3.Ti/c2*1-4-5-6-9-14(17-2,18-3)12-8-7-11(15)10-13(12)16;;;/h2*7-8H,4-6,9H2,1-3H3;2*1H3;/q4*-1;+4. The van der Waals surface area contributed by atoms with Crippen LogP contribution in [0.1, 0.15) is 76.3 Å². The van der Waals surface area contributed by atoms with Crippen LogP contribution in [0, 0.1) is 50.3 Å². The maximum absolute atomic E-state index is 13.8. The summed E-state index contributed by atoms with van der Waals surface area (Å²) in [6.07, 6.45) is 6.81. The number of hydrogen-bond acceptors (Lipinski definition) is 4. The molecule has 2 rings (SSSR count). The van der Waals surface area contributed by atoms with E-state index in [1.807, 2.05) is 12.1 Å². The maximum atomic E-state index is 13.8. The van der Waals surface area contributed by atoms with Crippen molar-refractivity contribution in [2.45, 2.75) is 76.8 Å². The zero-order valence-electron chi connectivity index (χ0n) is 24.6. The second-order valence-electron chi connectivity index (χ2n) is 8.30. The Morgan fingerprint density at radius 1 is 0.590 bits per heavy atom. The van der Waals surface area contributed by atoms with Crippen molar-refractivity contribution < 1.29 is 58.2 Å². The normalized spacial score (nSPS) is 10.9. The van der Waals surface area contributed by atoms with Crippen LogP contribution < -0.4 is 0 Å². The average Bonchev–Trinajstić information content (AvgIpc) is 2.86. The van der Waals surface area contributed by atoms with E-state index in [0.717, 1.165) is 50.7 Å². The van der Waals surface area contributed by atoms with Crippen molar-refractivity contribution in [3.63, 3.8) is 0 Å². The molecule has 0 amide bonds. The van der Waals surface area contributed by atoms with Crippen LogP contribution in [-0.4, -0.2) is 28.4 Å². The SMILES string of the molecule is CCCCCC(OC)(OC)c1ccc(F)[c-]c1F.CCCCCC(OC)(OC)c1ccc(F)[c-]c1F.[CH3-].[CH3-].[Ti+4]. The van der Waals surface area contributed by atoms with E-state index in [2.05, 4.69) is 13.8 Å². The minimum absolute atomic E-state index is 0. The second kappa shape index (κ2) is 21.5. The minimum Gasteiger partial charge on any atom is -0.360 e. The first-order valence-corrected chi connectivity index (χ1v) is 12.1. The molecule has 0 atom stereocenters. The fraction of sp³-hybridized carbons (Fsp3) is 0.533. The number of ether oxygens (including phenoxy) is 4. The van der Waals surface area contributed by atoms with Gasteiger partial charge in [0.2, 0.25) is 0 Å². The van der Waals surface area contributed by atoms with Crippen LogP contribution in [0.15, 0.2) is 24.3 Å². The van der Waals surface area contributed by atoms with Gasteiger partial charge in [0.05, 0.1) is 0 Å². The summed E-state index contributed by atoms with van der Waals surface area (Å²) in [6, 6.07) is 9.03. The molecule has 0 bridgehead atoms. The number of hydrogen-bond donors (Lipinski definition) is 0. The summed E-state index contributed by atoms with van der Waals surface area (Å²) in [7, 11) is 5.83. The van der Waals surface area contributed by atoms with Gasteiger partial charge in [-0.15, -0.1) is 24.3 Å². The number of rotatable bonds is 14. The third-order valence-electron chi connectivity index (χ3n) is 6.08. The van der Waals surface area contributed by atoms with Gasteiger partial charge in [-0.25, -0.2) is 17.6 Å². The van der Waals surface area contributed by atoms with Crippen molar-refractivity contribution in [3.8, 4) is 0 Å². The Hall–Kier alpha value is -1.29. The molecule has 0 saturated carbocycles. The van der Waals surface area contributed by atoms with Crippen LogP contribution in [0.3, 0.4) is 0 Å². The fourth-order valence-corrected chi connectivity index (χ4v) is 3.97. The molecular formula is C30H44F4O4Ti. The van der Waals surface area contributed by atoms with Gasteiger partial charge in [0, 0.05) is 51.7 Å². The molecule has 2 aromatic rings. The molecule has 0 heterocycles. The van der Waals surface area contributed by atoms with Crippen molar-refractivity contribution in [1.82, 2.24) is 0 Å². The van der Waals surface area contributed by atoms with Gasteiger partial charge in [0.1, 0.15) is 0 Å². The van der Waals surface area contributed by atoms with E-state index in [-0.39, 0.29) is 47.7 Å². The molecule has 2 aromatic carbocycles. The minimum atomic E-state index is -1.16. The van der Waals surface area contributed by atoms with Gasteiger partial charge < -0.3 is 33.8 Å². The Bertz CT molecular complexity index is 833. The van der Waals surface area contributed by atoms with Crippen molar-refractivity contribution in [1.29, 1.82) is 0 Å². The topological polar surface area (TPSA) is 36.9 Å². The molecule has 9 heteroatoms. The Kier molecular flexibility index (Phi) is 23.2. The van der Waals surface area contributed by atoms with E-state index < -0.39 is 34.8 Å². The molecule has 0 spiro atoms. The molecule has 0 aliphatic rings. The summed E-state index contributed by atoms with van der Waals surface area (Å²) < 4.78 is 74.6. The van der Waals surface area contributed by atoms with Crippen molar-refractivity contribution >= 4 is 0 Å². The van der Waals surface area contributed by atoms with Gasteiger partial charge in [-0.05, 0) is 25.7 Å². The third kappa shape index (κ3) is 12.0. The van der Waals surface area contributed by atoms with Crippen LogP contribution >= 0.6 is 0 Å². The van der Waals surface area contributed by atoms with Crippen LogP contribution in [0.2, 0.25) is 0 Å². The summed E-state index contributed by atoms with van der Waals surface area (Å²) in [5.41, 5.74) is 0.370. The van der Waals surface area contributed by atoms with Crippen molar-refractivity contribution in [3.05, 3.63) is 85.6 Å². The zero-order chi connectivity index (χ0) is 27.2. The smallest absolute Gasteiger partial charge is 0.360 e. The number of methoxy groups -OCH3 is 4. The largest absolute Gasteiger partial charge is 4.00 e. The quantitative estimate of drug-likeness (QED) is 0.0725. The molecule has 0 aliphatic heterocycles. The second-order valence-corrected chi connectivity index (χ2v) is 8.30. The van der Waals surface area contributed by atoms with Crippen molar-refractivity contribution in [2.75, 3.05) is 28.4 Å². The summed E-state index contributed by atoms with van der Waals surface area (Å²) >= 11 is 0. The Labute approximate surface area is 248 Å². The molecular weight excluding hydrogens is 548 g/mol. The molecule has 0 aromatic heterocycles. The monoisotopic (exact) mass is 592 g/mol. The molecule has 0 saturated heterocycles. The molecule has 0 fully saturated rings. The molecule has 0 radical (unpaired) electrons. The van der Waals surface area contributed by atoms with E-state index in [0.29, 0.717) is 12.8 Å². The fourth-order valence-electron chi connectivity index (χ4n) is 3.97. The molecule has 0 unspecified atom stereocenters. The van der Waals surface area contributed by atoms with Crippen molar-refractivity contribution in [2.24, 2.45) is 0 Å². The summed E-state index contributed by atoms with van der Waals surface area (Å²) in [5, 5.41) is 0. The van der Waals surface area contributed by atoms with E-state index in [9.17, 15) is 17.6 Å². The Balaban J connectivity index is -0.000000617. The Morgan fingerprint density at radius 2 is 0.897 bits per heavy atom. The van der Waals surface area contributed by atoms with Crippen LogP contribution in [0.4, 0.5) is 17.6 Å². The molecule has 4 nitrogen and oxygen atoms in total. The number of benzene rings is 2. The summed E-state index contributed by atoms with van der Waals surface area (Å²) in [5.74, 6) is -5.32. The molecule has 220 valence electrons. The predicted octanol–water partition coefficient (Wildman–Crippen LogP) is 8.48. The first-order valence-electron chi connectivity index (χ1n) is 12.1. The number of halogens is 4. The van der Waals surface area contributed by atoms with Gasteiger partial charge in [0.25, 0.3) is 0 Å². The number of unbranched alkanes of at least 4 members (excludes halogenated alkanes) is 4. The van der Waals surface area contributed by atoms with Crippen LogP contribution in [0.5, 0.6) is 0 Å². The molecule has 39 heavy (non-hydrogen) atoms. The van der Waals surface area contributed by atoms with Gasteiger partial charge in [-0.2, -0.15) is 12.1 Å². The third-order valence-corrected chi connectivity index (χ3v) is 6.08. The summed E-state index contributed by atoms with van der Waals surface area (Å²) in [4.78, 5) is 0. The predicted molar refractivity (Wildman–Crippen MR) is 143 cm³/mol. The van der Waals surface area contributed by atoms with Gasteiger partial charge in [-0.3, -0.25) is 0 Å². The van der Waals surface area contributed by atoms with E-state index in [1.54, 1.807) is 0 Å². The van der Waals surface area contributed by atoms with E-state index in [1.165, 1.54) is 40.6 Å². The van der Waals surface area contributed by atoms with E-state index in [4.69, 9.17) is 18.9 Å². The van der Waals surface area contributed by atoms with Gasteiger partial charge in [0.15, 0.2) is 11.6 Å². The van der Waals surface area contributed by atoms with Gasteiger partial charge >= 0.3 is 21.7 Å². The van der Waals surface area contributed by atoms with Gasteiger partial charge in [-0.1, -0.05) is 50.7 Å². The first-order chi connectivity index (χ1) is 17.2. The zero-order valence-corrected chi connectivity index (χ0v) is 26.2. The summed E-state index contributed by atoms with van der Waals surface area (Å²) in [6.45, 7) is 4.15. The molecule has 0 N–H and O–H groups in total.